The van der Waals surface area contributed by atoms with E-state index in [-0.39, 0.29) is 5.91 Å². The van der Waals surface area contributed by atoms with Gasteiger partial charge in [-0.25, -0.2) is 15.2 Å². The molecule has 26 heavy (non-hydrogen) atoms. The van der Waals surface area contributed by atoms with E-state index in [1.165, 1.54) is 4.90 Å². The number of likely N-dealkylation sites (N-methyl/N-ethyl adjacent to an activating group) is 1. The lowest BCUT2D eigenvalue weighted by Crippen LogP contribution is -2.64. The largest absolute Gasteiger partial charge is 0.325 e. The fourth-order valence-electron chi connectivity index (χ4n) is 2.75. The van der Waals surface area contributed by atoms with Gasteiger partial charge in [-0.05, 0) is 24.6 Å². The van der Waals surface area contributed by atoms with Gasteiger partial charge in [-0.2, -0.15) is 5.10 Å². The van der Waals surface area contributed by atoms with Crippen molar-refractivity contribution in [3.63, 3.8) is 0 Å². The van der Waals surface area contributed by atoms with Crippen LogP contribution in [0, 0.1) is 0 Å². The fourth-order valence-corrected chi connectivity index (χ4v) is 3.02. The highest BCUT2D eigenvalue weighted by molar-refractivity contribution is 9.10. The summed E-state index contributed by atoms with van der Waals surface area (Å²) in [5.74, 6) is 0.0863. The minimum atomic E-state index is -0.584. The number of rotatable bonds is 4. The topological polar surface area (TPSA) is 89.4 Å². The molecular formula is C17H19BrN6O2. The molecule has 0 bridgehead atoms. The Hall–Kier alpha value is -2.68. The van der Waals surface area contributed by atoms with Crippen molar-refractivity contribution in [3.8, 4) is 0 Å². The minimum Gasteiger partial charge on any atom is -0.322 e. The number of amides is 3. The van der Waals surface area contributed by atoms with Crippen LogP contribution in [0.2, 0.25) is 0 Å². The third-order valence-corrected chi connectivity index (χ3v) is 4.68. The van der Waals surface area contributed by atoms with E-state index >= 15 is 0 Å². The summed E-state index contributed by atoms with van der Waals surface area (Å²) in [6.07, 6.45) is 4.90. The Kier molecular flexibility index (Phi) is 5.36. The second kappa shape index (κ2) is 7.69. The highest BCUT2D eigenvalue weighted by Gasteiger charge is 2.48. The number of benzene rings is 1. The van der Waals surface area contributed by atoms with Crippen LogP contribution in [0.25, 0.3) is 0 Å². The monoisotopic (exact) mass is 418 g/mol. The summed E-state index contributed by atoms with van der Waals surface area (Å²) >= 11 is 3.39. The van der Waals surface area contributed by atoms with Crippen LogP contribution in [-0.2, 0) is 4.79 Å². The van der Waals surface area contributed by atoms with Gasteiger partial charge in [-0.1, -0.05) is 40.2 Å². The first-order valence-corrected chi connectivity index (χ1v) is 8.88. The van der Waals surface area contributed by atoms with Crippen LogP contribution in [-0.4, -0.2) is 59.7 Å². The van der Waals surface area contributed by atoms with Crippen molar-refractivity contribution in [3.05, 3.63) is 46.5 Å². The summed E-state index contributed by atoms with van der Waals surface area (Å²) in [7, 11) is 1.62. The zero-order valence-corrected chi connectivity index (χ0v) is 16.0. The Morgan fingerprint density at radius 1 is 1.35 bits per heavy atom. The number of urea groups is 1. The number of imide groups is 1. The molecule has 0 saturated carbocycles. The number of nitrogens with zero attached hydrogens (tertiary/aromatic N) is 4. The molecule has 1 aromatic rings. The smallest absolute Gasteiger partial charge is 0.322 e. The number of hydrogen-bond acceptors (Lipinski definition) is 6. The predicted molar refractivity (Wildman–Crippen MR) is 103 cm³/mol. The number of aliphatic imine (C=N–C) groups is 1. The zero-order chi connectivity index (χ0) is 18.7. The molecule has 2 aliphatic rings. The molecule has 0 aromatic heterocycles. The van der Waals surface area contributed by atoms with Gasteiger partial charge in [-0.15, -0.1) is 0 Å². The number of hydrogen-bond donors (Lipinski definition) is 2. The molecule has 2 atom stereocenters. The number of carbonyl (C=O) groups is 2. The van der Waals surface area contributed by atoms with Gasteiger partial charge in [0.1, 0.15) is 0 Å². The van der Waals surface area contributed by atoms with Crippen molar-refractivity contribution in [2.24, 2.45) is 10.1 Å². The van der Waals surface area contributed by atoms with Crippen LogP contribution in [0.1, 0.15) is 12.5 Å². The summed E-state index contributed by atoms with van der Waals surface area (Å²) in [6, 6.07) is 6.65. The first-order chi connectivity index (χ1) is 12.5. The van der Waals surface area contributed by atoms with Crippen molar-refractivity contribution in [2.75, 3.05) is 13.6 Å². The molecule has 136 valence electrons. The highest BCUT2D eigenvalue weighted by atomic mass is 79.9. The van der Waals surface area contributed by atoms with Crippen LogP contribution in [0.5, 0.6) is 0 Å². The first-order valence-electron chi connectivity index (χ1n) is 8.09. The lowest BCUT2D eigenvalue weighted by Gasteiger charge is -2.35. The average Bonchev–Trinajstić information content (AvgIpc) is 2.99. The molecule has 2 heterocycles. The first kappa shape index (κ1) is 18.1. The Balaban J connectivity index is 1.79. The van der Waals surface area contributed by atoms with E-state index in [9.17, 15) is 9.59 Å². The molecule has 2 N–H and O–H groups in total. The molecule has 0 aliphatic carbocycles. The van der Waals surface area contributed by atoms with Crippen LogP contribution in [0.4, 0.5) is 4.79 Å². The van der Waals surface area contributed by atoms with Crippen molar-refractivity contribution < 1.29 is 9.59 Å². The standard InChI is InChI=1S/C17H19BrN6O2/c1-3-4-9-24-13-14(23(2)17(26)21-15(13)25)20-16(24)22-19-10-11-5-7-12(18)8-6-11/h3-8,10,13-14H,9H2,1-2H3,(H,20,22)(H,21,25,26)/b4-3+,19-10+. The number of guanidine groups is 1. The number of fused-ring (bicyclic) bond motifs is 1. The summed E-state index contributed by atoms with van der Waals surface area (Å²) in [5.41, 5.74) is 3.82. The number of carbonyl (C=O) groups excluding carboxylic acids is 2. The van der Waals surface area contributed by atoms with E-state index in [2.05, 4.69) is 36.8 Å². The van der Waals surface area contributed by atoms with Gasteiger partial charge in [0.2, 0.25) is 5.96 Å². The number of nitrogens with one attached hydrogen (secondary N) is 2. The Morgan fingerprint density at radius 2 is 2.08 bits per heavy atom. The maximum absolute atomic E-state index is 12.3. The molecule has 0 spiro atoms. The third-order valence-electron chi connectivity index (χ3n) is 4.15. The van der Waals surface area contributed by atoms with E-state index in [0.29, 0.717) is 12.5 Å². The van der Waals surface area contributed by atoms with Gasteiger partial charge >= 0.3 is 6.03 Å². The van der Waals surface area contributed by atoms with E-state index in [1.54, 1.807) is 18.2 Å². The summed E-state index contributed by atoms with van der Waals surface area (Å²) < 4.78 is 0.989. The van der Waals surface area contributed by atoms with Gasteiger partial charge in [0, 0.05) is 18.1 Å². The maximum Gasteiger partial charge on any atom is 0.325 e. The Morgan fingerprint density at radius 3 is 2.77 bits per heavy atom. The molecule has 8 nitrogen and oxygen atoms in total. The molecule has 1 aromatic carbocycles. The molecule has 3 amide bonds. The van der Waals surface area contributed by atoms with Crippen molar-refractivity contribution in [1.82, 2.24) is 20.5 Å². The number of allylic oxidation sites excluding steroid dienone is 1. The number of hydrazone groups is 1. The van der Waals surface area contributed by atoms with Gasteiger partial charge in [-0.3, -0.25) is 10.1 Å². The normalized spacial score (nSPS) is 22.8. The highest BCUT2D eigenvalue weighted by Crippen LogP contribution is 2.23. The van der Waals surface area contributed by atoms with Crippen LogP contribution < -0.4 is 10.7 Å². The molecule has 2 aliphatic heterocycles. The SMILES string of the molecule is C/C=C/CN1C(N/N=C/c2ccc(Br)cc2)=NC2C1C(=O)NC(=O)N2C. The second-order valence-electron chi connectivity index (χ2n) is 5.86. The predicted octanol–water partition coefficient (Wildman–Crippen LogP) is 1.50. The van der Waals surface area contributed by atoms with Gasteiger partial charge < -0.3 is 9.80 Å². The minimum absolute atomic E-state index is 0.361. The Labute approximate surface area is 159 Å². The molecule has 0 radical (unpaired) electrons. The average molecular weight is 419 g/mol. The fraction of sp³-hybridized carbons (Fsp3) is 0.294. The van der Waals surface area contributed by atoms with Gasteiger partial charge in [0.15, 0.2) is 12.2 Å². The van der Waals surface area contributed by atoms with Crippen LogP contribution in [0.3, 0.4) is 0 Å². The third kappa shape index (κ3) is 3.62. The molecule has 3 rings (SSSR count). The summed E-state index contributed by atoms with van der Waals surface area (Å²) in [5, 5.41) is 6.57. The summed E-state index contributed by atoms with van der Waals surface area (Å²) in [6.45, 7) is 2.38. The van der Waals surface area contributed by atoms with E-state index in [1.807, 2.05) is 43.3 Å². The maximum atomic E-state index is 12.3. The summed E-state index contributed by atoms with van der Waals surface area (Å²) in [4.78, 5) is 31.9. The molecular weight excluding hydrogens is 400 g/mol. The lowest BCUT2D eigenvalue weighted by molar-refractivity contribution is -0.126. The Bertz CT molecular complexity index is 789. The van der Waals surface area contributed by atoms with Crippen molar-refractivity contribution in [1.29, 1.82) is 0 Å². The number of halogens is 1. The molecule has 2 unspecified atom stereocenters. The molecule has 9 heteroatoms. The van der Waals surface area contributed by atoms with Gasteiger partial charge in [0.25, 0.3) is 5.91 Å². The van der Waals surface area contributed by atoms with Crippen molar-refractivity contribution in [2.45, 2.75) is 19.1 Å². The van der Waals surface area contributed by atoms with Gasteiger partial charge in [0.05, 0.1) is 6.21 Å². The lowest BCUT2D eigenvalue weighted by atomic mass is 10.1. The van der Waals surface area contributed by atoms with E-state index < -0.39 is 18.2 Å². The zero-order valence-electron chi connectivity index (χ0n) is 14.4. The van der Waals surface area contributed by atoms with E-state index in [0.717, 1.165) is 10.0 Å². The van der Waals surface area contributed by atoms with E-state index in [4.69, 9.17) is 0 Å². The molecule has 1 saturated heterocycles. The van der Waals surface area contributed by atoms with Crippen molar-refractivity contribution >= 4 is 40.0 Å². The van der Waals surface area contributed by atoms with Crippen LogP contribution >= 0.6 is 15.9 Å². The second-order valence-corrected chi connectivity index (χ2v) is 6.78. The quantitative estimate of drug-likeness (QED) is 0.440. The molecule has 1 fully saturated rings. The van der Waals surface area contributed by atoms with Crippen LogP contribution in [0.15, 0.2) is 51.0 Å².